The number of hydrogen-bond acceptors (Lipinski definition) is 6. The number of anilines is 1. The molecular formula is C17H26N4O4. The molecule has 1 amide bonds. The first-order valence-corrected chi connectivity index (χ1v) is 8.20. The summed E-state index contributed by atoms with van der Waals surface area (Å²) in [4.78, 5) is 25.4. The van der Waals surface area contributed by atoms with Gasteiger partial charge in [0.05, 0.1) is 17.6 Å². The molecule has 1 rings (SSSR count). The highest BCUT2D eigenvalue weighted by Gasteiger charge is 2.22. The van der Waals surface area contributed by atoms with Crippen molar-refractivity contribution < 1.29 is 14.5 Å². The molecule has 0 bridgehead atoms. The van der Waals surface area contributed by atoms with Crippen LogP contribution < -0.4 is 15.4 Å². The molecule has 0 aromatic heterocycles. The summed E-state index contributed by atoms with van der Waals surface area (Å²) in [7, 11) is 1.42. The molecule has 2 N–H and O–H groups in total. The number of nitrogens with one attached hydrogen (secondary N) is 2. The van der Waals surface area contributed by atoms with Crippen molar-refractivity contribution >= 4 is 17.3 Å². The van der Waals surface area contributed by atoms with E-state index < -0.39 is 10.8 Å². The quantitative estimate of drug-likeness (QED) is 0.361. The van der Waals surface area contributed by atoms with E-state index in [4.69, 9.17) is 4.74 Å². The third kappa shape index (κ3) is 5.75. The van der Waals surface area contributed by atoms with Gasteiger partial charge in [-0.05, 0) is 13.1 Å². The first-order chi connectivity index (χ1) is 12.0. The Morgan fingerprint density at radius 1 is 1.40 bits per heavy atom. The molecule has 1 aromatic carbocycles. The van der Waals surface area contributed by atoms with Crippen LogP contribution in [0.4, 0.5) is 11.4 Å². The standard InChI is InChI=1S/C17H26N4O4/c1-5-8-18-14-12-16(25-4)13(11-15(14)21(23)24)17(22)19-9-10-20(6-2)7-3/h5,11-12,18H,1,6-10H2,2-4H3,(H,19,22). The fraction of sp³-hybridized carbons (Fsp3) is 0.471. The van der Waals surface area contributed by atoms with Gasteiger partial charge in [0, 0.05) is 31.8 Å². The van der Waals surface area contributed by atoms with E-state index in [-0.39, 0.29) is 22.7 Å². The van der Waals surface area contributed by atoms with Crippen molar-refractivity contribution in [1.29, 1.82) is 0 Å². The summed E-state index contributed by atoms with van der Waals surface area (Å²) in [5, 5.41) is 17.0. The zero-order valence-corrected chi connectivity index (χ0v) is 15.0. The third-order valence-electron chi connectivity index (χ3n) is 3.80. The molecule has 0 atom stereocenters. The Bertz CT molecular complexity index is 615. The molecule has 0 saturated heterocycles. The number of nitrogens with zero attached hydrogens (tertiary/aromatic N) is 2. The number of carbonyl (C=O) groups excluding carboxylic acids is 1. The number of nitro benzene ring substituents is 1. The highest BCUT2D eigenvalue weighted by Crippen LogP contribution is 2.32. The summed E-state index contributed by atoms with van der Waals surface area (Å²) in [6, 6.07) is 2.69. The monoisotopic (exact) mass is 350 g/mol. The Kier molecular flexibility index (Phi) is 8.42. The van der Waals surface area contributed by atoms with Crippen LogP contribution in [0.25, 0.3) is 0 Å². The Labute approximate surface area is 148 Å². The van der Waals surface area contributed by atoms with E-state index >= 15 is 0 Å². The maximum absolute atomic E-state index is 12.4. The summed E-state index contributed by atoms with van der Waals surface area (Å²) < 4.78 is 5.23. The number of hydrogen-bond donors (Lipinski definition) is 2. The lowest BCUT2D eigenvalue weighted by atomic mass is 10.1. The smallest absolute Gasteiger partial charge is 0.293 e. The molecule has 0 radical (unpaired) electrons. The average molecular weight is 350 g/mol. The first kappa shape index (κ1) is 20.4. The molecule has 0 fully saturated rings. The molecule has 25 heavy (non-hydrogen) atoms. The van der Waals surface area contributed by atoms with Gasteiger partial charge in [-0.25, -0.2) is 0 Å². The minimum absolute atomic E-state index is 0.137. The SMILES string of the molecule is C=CCNc1cc(OC)c(C(=O)NCCN(CC)CC)cc1[N+](=O)[O-]. The lowest BCUT2D eigenvalue weighted by Crippen LogP contribution is -2.35. The first-order valence-electron chi connectivity index (χ1n) is 8.20. The van der Waals surface area contributed by atoms with Crippen LogP contribution in [0.2, 0.25) is 0 Å². The molecule has 0 aliphatic rings. The van der Waals surface area contributed by atoms with Crippen LogP contribution in [-0.2, 0) is 0 Å². The van der Waals surface area contributed by atoms with Crippen molar-refractivity contribution in [3.63, 3.8) is 0 Å². The highest BCUT2D eigenvalue weighted by atomic mass is 16.6. The van der Waals surface area contributed by atoms with Gasteiger partial charge in [-0.3, -0.25) is 14.9 Å². The van der Waals surface area contributed by atoms with Gasteiger partial charge in [0.2, 0.25) is 0 Å². The van der Waals surface area contributed by atoms with Crippen molar-refractivity contribution in [2.45, 2.75) is 13.8 Å². The normalized spacial score (nSPS) is 10.4. The molecule has 0 heterocycles. The van der Waals surface area contributed by atoms with Crippen molar-refractivity contribution in [2.75, 3.05) is 45.2 Å². The molecule has 1 aromatic rings. The summed E-state index contributed by atoms with van der Waals surface area (Å²) in [5.74, 6) is -0.125. The zero-order chi connectivity index (χ0) is 18.8. The van der Waals surface area contributed by atoms with Gasteiger partial charge >= 0.3 is 0 Å². The number of likely N-dealkylation sites (N-methyl/N-ethyl adjacent to an activating group) is 1. The lowest BCUT2D eigenvalue weighted by Gasteiger charge is -2.18. The number of methoxy groups -OCH3 is 1. The molecule has 8 nitrogen and oxygen atoms in total. The maximum Gasteiger partial charge on any atom is 0.293 e. The second-order valence-electron chi connectivity index (χ2n) is 5.28. The minimum Gasteiger partial charge on any atom is -0.496 e. The summed E-state index contributed by atoms with van der Waals surface area (Å²) in [6.07, 6.45) is 1.59. The number of ether oxygens (including phenoxy) is 1. The van der Waals surface area contributed by atoms with Gasteiger partial charge in [-0.15, -0.1) is 6.58 Å². The van der Waals surface area contributed by atoms with Crippen molar-refractivity contribution in [3.05, 3.63) is 40.5 Å². The van der Waals surface area contributed by atoms with E-state index in [1.165, 1.54) is 19.2 Å². The van der Waals surface area contributed by atoms with Crippen LogP contribution in [-0.4, -0.2) is 55.6 Å². The van der Waals surface area contributed by atoms with Gasteiger partial charge in [-0.2, -0.15) is 0 Å². The second-order valence-corrected chi connectivity index (χ2v) is 5.28. The molecule has 138 valence electrons. The lowest BCUT2D eigenvalue weighted by molar-refractivity contribution is -0.384. The van der Waals surface area contributed by atoms with E-state index in [1.54, 1.807) is 6.08 Å². The van der Waals surface area contributed by atoms with Crippen molar-refractivity contribution in [1.82, 2.24) is 10.2 Å². The number of benzene rings is 1. The van der Waals surface area contributed by atoms with Gasteiger partial charge < -0.3 is 20.3 Å². The van der Waals surface area contributed by atoms with Gasteiger partial charge in [-0.1, -0.05) is 19.9 Å². The van der Waals surface area contributed by atoms with Crippen LogP contribution in [0, 0.1) is 10.1 Å². The maximum atomic E-state index is 12.4. The Morgan fingerprint density at radius 2 is 2.08 bits per heavy atom. The number of carbonyl (C=O) groups is 1. The van der Waals surface area contributed by atoms with Gasteiger partial charge in [0.15, 0.2) is 0 Å². The van der Waals surface area contributed by atoms with E-state index in [0.717, 1.165) is 13.1 Å². The van der Waals surface area contributed by atoms with E-state index in [1.807, 2.05) is 13.8 Å². The minimum atomic E-state index is -0.530. The van der Waals surface area contributed by atoms with Crippen LogP contribution in [0.1, 0.15) is 24.2 Å². The predicted octanol–water partition coefficient (Wildman–Crippen LogP) is 2.27. The topological polar surface area (TPSA) is 96.7 Å². The summed E-state index contributed by atoms with van der Waals surface area (Å²) in [5.41, 5.74) is 0.232. The van der Waals surface area contributed by atoms with Gasteiger partial charge in [0.25, 0.3) is 11.6 Å². The Morgan fingerprint density at radius 3 is 2.60 bits per heavy atom. The molecule has 8 heteroatoms. The highest BCUT2D eigenvalue weighted by molar-refractivity contribution is 5.98. The van der Waals surface area contributed by atoms with Crippen LogP contribution in [0.3, 0.4) is 0 Å². The number of nitro groups is 1. The summed E-state index contributed by atoms with van der Waals surface area (Å²) >= 11 is 0. The molecular weight excluding hydrogens is 324 g/mol. The number of amides is 1. The van der Waals surface area contributed by atoms with E-state index in [0.29, 0.717) is 19.6 Å². The fourth-order valence-corrected chi connectivity index (χ4v) is 2.35. The number of rotatable bonds is 11. The van der Waals surface area contributed by atoms with Gasteiger partial charge in [0.1, 0.15) is 11.4 Å². The molecule has 0 saturated carbocycles. The molecule has 0 aliphatic carbocycles. The fourth-order valence-electron chi connectivity index (χ4n) is 2.35. The van der Waals surface area contributed by atoms with Crippen LogP contribution in [0.15, 0.2) is 24.8 Å². The Hall–Kier alpha value is -2.61. The predicted molar refractivity (Wildman–Crippen MR) is 98.5 cm³/mol. The summed E-state index contributed by atoms with van der Waals surface area (Å²) in [6.45, 7) is 11.0. The molecule has 0 spiro atoms. The van der Waals surface area contributed by atoms with Crippen LogP contribution in [0.5, 0.6) is 5.75 Å². The van der Waals surface area contributed by atoms with Crippen molar-refractivity contribution in [2.24, 2.45) is 0 Å². The van der Waals surface area contributed by atoms with Crippen molar-refractivity contribution in [3.8, 4) is 5.75 Å². The van der Waals surface area contributed by atoms with E-state index in [2.05, 4.69) is 22.1 Å². The largest absolute Gasteiger partial charge is 0.496 e. The molecule has 0 unspecified atom stereocenters. The van der Waals surface area contributed by atoms with E-state index in [9.17, 15) is 14.9 Å². The zero-order valence-electron chi connectivity index (χ0n) is 15.0. The molecule has 0 aliphatic heterocycles. The Balaban J connectivity index is 3.00. The third-order valence-corrected chi connectivity index (χ3v) is 3.80. The second kappa shape index (κ2) is 10.3. The average Bonchev–Trinajstić information content (AvgIpc) is 2.62. The van der Waals surface area contributed by atoms with Crippen LogP contribution >= 0.6 is 0 Å².